The fourth-order valence-electron chi connectivity index (χ4n) is 7.75. The van der Waals surface area contributed by atoms with E-state index in [2.05, 4.69) is 16.8 Å². The Morgan fingerprint density at radius 3 is 2.39 bits per heavy atom. The van der Waals surface area contributed by atoms with Crippen LogP contribution in [0.2, 0.25) is 0 Å². The van der Waals surface area contributed by atoms with Crippen molar-refractivity contribution in [2.45, 2.75) is 58.1 Å². The summed E-state index contributed by atoms with van der Waals surface area (Å²) in [6.45, 7) is 13.1. The van der Waals surface area contributed by atoms with Crippen LogP contribution in [0.1, 0.15) is 49.3 Å². The number of rotatable bonds is 14. The molecule has 2 aromatic rings. The molecule has 56 heavy (non-hydrogen) atoms. The number of benzene rings is 2. The van der Waals surface area contributed by atoms with Crippen molar-refractivity contribution in [1.82, 2.24) is 24.9 Å². The minimum absolute atomic E-state index is 0.0350. The number of nitrogens with zero attached hydrogens (tertiary/aromatic N) is 4. The van der Waals surface area contributed by atoms with Crippen molar-refractivity contribution in [3.05, 3.63) is 77.4 Å². The second-order valence-electron chi connectivity index (χ2n) is 15.2. The molecule has 0 spiro atoms. The van der Waals surface area contributed by atoms with Gasteiger partial charge in [-0.15, -0.1) is 0 Å². The SMILES string of the molecule is C=CC(=O)N1CC[C@@H](OC(=O)NC2CC(COc3cc(F)c(/C=C/C(=O)N4CCC(C(=O)N5CCN(CCOc6cc(F)ccc6C)CC5)C4)cc3CC)C2)C1. The highest BCUT2D eigenvalue weighted by molar-refractivity contribution is 5.93. The van der Waals surface area contributed by atoms with Crippen LogP contribution in [0.4, 0.5) is 13.6 Å². The van der Waals surface area contributed by atoms with E-state index < -0.39 is 11.9 Å². The van der Waals surface area contributed by atoms with Crippen LogP contribution in [-0.4, -0.2) is 128 Å². The number of carbonyl (C=O) groups excluding carboxylic acids is 4. The molecule has 0 bridgehead atoms. The summed E-state index contributed by atoms with van der Waals surface area (Å²) in [5.74, 6) is -0.288. The van der Waals surface area contributed by atoms with Crippen LogP contribution in [-0.2, 0) is 25.5 Å². The molecule has 0 aromatic heterocycles. The zero-order valence-electron chi connectivity index (χ0n) is 32.4. The fraction of sp³-hybridized carbons (Fsp3) is 0.524. The third-order valence-corrected chi connectivity index (χ3v) is 11.3. The summed E-state index contributed by atoms with van der Waals surface area (Å²) < 4.78 is 46.1. The van der Waals surface area contributed by atoms with Gasteiger partial charge in [-0.25, -0.2) is 13.6 Å². The van der Waals surface area contributed by atoms with Crippen LogP contribution in [0.15, 0.2) is 49.1 Å². The van der Waals surface area contributed by atoms with E-state index in [4.69, 9.17) is 14.2 Å². The Morgan fingerprint density at radius 1 is 0.893 bits per heavy atom. The lowest BCUT2D eigenvalue weighted by Gasteiger charge is -2.35. The molecular formula is C42H53F2N5O7. The van der Waals surface area contributed by atoms with Gasteiger partial charge in [-0.1, -0.05) is 19.6 Å². The van der Waals surface area contributed by atoms with Gasteiger partial charge in [0, 0.05) is 88.6 Å². The van der Waals surface area contributed by atoms with Crippen molar-refractivity contribution >= 4 is 29.9 Å². The minimum atomic E-state index is -0.498. The molecule has 0 radical (unpaired) electrons. The summed E-state index contributed by atoms with van der Waals surface area (Å²) in [6.07, 6.45) is 6.48. The predicted molar refractivity (Wildman–Crippen MR) is 206 cm³/mol. The first-order chi connectivity index (χ1) is 27.0. The summed E-state index contributed by atoms with van der Waals surface area (Å²) in [4.78, 5) is 57.9. The number of piperazine rings is 1. The lowest BCUT2D eigenvalue weighted by atomic mass is 9.81. The molecule has 4 aliphatic rings. The number of carbonyl (C=O) groups is 4. The molecule has 302 valence electrons. The quantitative estimate of drug-likeness (QED) is 0.277. The average Bonchev–Trinajstić information content (AvgIpc) is 3.87. The molecule has 1 saturated carbocycles. The van der Waals surface area contributed by atoms with Crippen molar-refractivity contribution < 1.29 is 42.2 Å². The molecule has 14 heteroatoms. The van der Waals surface area contributed by atoms with Gasteiger partial charge in [0.2, 0.25) is 17.7 Å². The molecule has 2 atom stereocenters. The lowest BCUT2D eigenvalue weighted by Crippen LogP contribution is -2.51. The van der Waals surface area contributed by atoms with E-state index in [1.807, 2.05) is 18.7 Å². The molecule has 6 rings (SSSR count). The van der Waals surface area contributed by atoms with Crippen LogP contribution in [0, 0.1) is 30.4 Å². The van der Waals surface area contributed by atoms with E-state index in [1.165, 1.54) is 36.4 Å². The zero-order chi connectivity index (χ0) is 39.8. The monoisotopic (exact) mass is 777 g/mol. The van der Waals surface area contributed by atoms with Crippen molar-refractivity contribution in [2.75, 3.05) is 72.1 Å². The largest absolute Gasteiger partial charge is 0.493 e. The van der Waals surface area contributed by atoms with E-state index in [0.29, 0.717) is 116 Å². The summed E-state index contributed by atoms with van der Waals surface area (Å²) in [5.41, 5.74) is 1.98. The maximum atomic E-state index is 15.2. The molecule has 12 nitrogen and oxygen atoms in total. The molecule has 4 fully saturated rings. The Labute approximate surface area is 327 Å². The number of likely N-dealkylation sites (tertiary alicyclic amines) is 2. The van der Waals surface area contributed by atoms with Gasteiger partial charge in [0.1, 0.15) is 35.8 Å². The number of aryl methyl sites for hydroxylation is 2. The van der Waals surface area contributed by atoms with Crippen LogP contribution in [0.5, 0.6) is 11.5 Å². The van der Waals surface area contributed by atoms with Crippen LogP contribution < -0.4 is 14.8 Å². The van der Waals surface area contributed by atoms with Gasteiger partial charge >= 0.3 is 6.09 Å². The lowest BCUT2D eigenvalue weighted by molar-refractivity contribution is -0.137. The Bertz CT molecular complexity index is 1790. The van der Waals surface area contributed by atoms with Gasteiger partial charge in [0.15, 0.2) is 0 Å². The summed E-state index contributed by atoms with van der Waals surface area (Å²) >= 11 is 0. The van der Waals surface area contributed by atoms with Gasteiger partial charge in [-0.3, -0.25) is 19.3 Å². The van der Waals surface area contributed by atoms with Crippen molar-refractivity contribution in [1.29, 1.82) is 0 Å². The second-order valence-corrected chi connectivity index (χ2v) is 15.2. The highest BCUT2D eigenvalue weighted by atomic mass is 19.1. The number of hydrogen-bond acceptors (Lipinski definition) is 8. The smallest absolute Gasteiger partial charge is 0.407 e. The molecule has 1 unspecified atom stereocenters. The number of amides is 4. The van der Waals surface area contributed by atoms with Crippen molar-refractivity contribution in [3.8, 4) is 11.5 Å². The van der Waals surface area contributed by atoms with Crippen LogP contribution >= 0.6 is 0 Å². The third-order valence-electron chi connectivity index (χ3n) is 11.3. The standard InChI is InChI=1S/C42H53F2N5O7/c1-4-30-22-31(36(44)24-38(30)55-27-29-20-34(21-29)45-42(53)56-35-11-13-49(26-35)39(50)5-2)7-9-40(51)48-12-10-32(25-48)41(52)47-16-14-46(15-17-47)18-19-54-37-23-33(43)8-6-28(37)3/h5-9,22-24,29,32,34-35H,2,4,10-21,25-27H2,1,3H3,(H,45,53)/b9-7+/t29?,32?,34?,35-/m1/s1. The predicted octanol–water partition coefficient (Wildman–Crippen LogP) is 4.59. The highest BCUT2D eigenvalue weighted by Gasteiger charge is 2.35. The first-order valence-electron chi connectivity index (χ1n) is 19.7. The van der Waals surface area contributed by atoms with E-state index >= 15 is 4.39 Å². The van der Waals surface area contributed by atoms with Gasteiger partial charge in [-0.2, -0.15) is 0 Å². The Balaban J connectivity index is 0.890. The Kier molecular flexibility index (Phi) is 13.6. The Hall–Kier alpha value is -4.98. The number of hydrogen-bond donors (Lipinski definition) is 1. The van der Waals surface area contributed by atoms with Crippen LogP contribution in [0.25, 0.3) is 6.08 Å². The van der Waals surface area contributed by atoms with Gasteiger partial charge in [0.25, 0.3) is 0 Å². The maximum Gasteiger partial charge on any atom is 0.407 e. The first kappa shape index (κ1) is 40.7. The molecule has 1 N–H and O–H groups in total. The van der Waals surface area contributed by atoms with E-state index in [1.54, 1.807) is 21.9 Å². The van der Waals surface area contributed by atoms with Gasteiger partial charge in [0.05, 0.1) is 19.1 Å². The number of halogens is 2. The van der Waals surface area contributed by atoms with E-state index in [-0.39, 0.29) is 53.1 Å². The summed E-state index contributed by atoms with van der Waals surface area (Å²) in [5, 5.41) is 2.88. The molecular weight excluding hydrogens is 724 g/mol. The summed E-state index contributed by atoms with van der Waals surface area (Å²) in [6, 6.07) is 7.53. The van der Waals surface area contributed by atoms with E-state index in [9.17, 15) is 23.6 Å². The molecule has 1 aliphatic carbocycles. The molecule has 3 heterocycles. The fourth-order valence-corrected chi connectivity index (χ4v) is 7.75. The minimum Gasteiger partial charge on any atom is -0.493 e. The number of alkyl carbamates (subject to hydrolysis) is 1. The van der Waals surface area contributed by atoms with Gasteiger partial charge in [-0.05, 0) is 73.9 Å². The van der Waals surface area contributed by atoms with Gasteiger partial charge < -0.3 is 34.2 Å². The van der Waals surface area contributed by atoms with Crippen LogP contribution in [0.3, 0.4) is 0 Å². The average molecular weight is 778 g/mol. The normalized spacial score (nSPS) is 22.5. The summed E-state index contributed by atoms with van der Waals surface area (Å²) in [7, 11) is 0. The zero-order valence-corrected chi connectivity index (χ0v) is 32.4. The van der Waals surface area contributed by atoms with Crippen molar-refractivity contribution in [2.24, 2.45) is 11.8 Å². The first-order valence-corrected chi connectivity index (χ1v) is 19.7. The third kappa shape index (κ3) is 10.4. The van der Waals surface area contributed by atoms with E-state index in [0.717, 1.165) is 11.1 Å². The topological polar surface area (TPSA) is 121 Å². The van der Waals surface area contributed by atoms with Crippen molar-refractivity contribution in [3.63, 3.8) is 0 Å². The molecule has 4 amide bonds. The second kappa shape index (κ2) is 18.8. The number of ether oxygens (including phenoxy) is 3. The Morgan fingerprint density at radius 2 is 1.64 bits per heavy atom. The highest BCUT2D eigenvalue weighted by Crippen LogP contribution is 2.31. The number of nitrogens with one attached hydrogen (secondary N) is 1. The molecule has 2 aromatic carbocycles. The maximum absolute atomic E-state index is 15.2. The molecule has 3 saturated heterocycles. The molecule has 3 aliphatic heterocycles.